The van der Waals surface area contributed by atoms with Crippen molar-refractivity contribution in [2.24, 2.45) is 0 Å². The van der Waals surface area contributed by atoms with Crippen molar-refractivity contribution >= 4 is 79.3 Å². The summed E-state index contributed by atoms with van der Waals surface area (Å²) in [6.07, 6.45) is 0. The second kappa shape index (κ2) is 8.97. The molecule has 4 aliphatic heterocycles. The lowest BCUT2D eigenvalue weighted by Gasteiger charge is -2.32. The minimum atomic E-state index is -0.420. The van der Waals surface area contributed by atoms with Crippen LogP contribution in [0, 0.1) is 6.92 Å². The number of aromatic nitrogens is 2. The SMILES string of the molecule is Cc1c2c(cc3c1Oc1cccc4c1B3Oc1cccc3c5ccccc5n-4c13)B1Oc3cccc4c5ccccc5n(c34)-c3cccc(c31)O2. The molecule has 0 fully saturated rings. The van der Waals surface area contributed by atoms with Gasteiger partial charge in [0.15, 0.2) is 0 Å². The number of fused-ring (bicyclic) bond motifs is 12. The van der Waals surface area contributed by atoms with E-state index in [1.54, 1.807) is 0 Å². The number of hydrogen-bond acceptors (Lipinski definition) is 4. The molecule has 0 radical (unpaired) electrons. The van der Waals surface area contributed by atoms with E-state index < -0.39 is 13.8 Å². The van der Waals surface area contributed by atoms with Crippen LogP contribution in [0.25, 0.3) is 55.0 Å². The van der Waals surface area contributed by atoms with Gasteiger partial charge in [0.1, 0.15) is 34.5 Å². The summed E-state index contributed by atoms with van der Waals surface area (Å²) >= 11 is 0. The van der Waals surface area contributed by atoms with Crippen molar-refractivity contribution < 1.29 is 18.8 Å². The van der Waals surface area contributed by atoms with Gasteiger partial charge in [-0.05, 0) is 55.5 Å². The summed E-state index contributed by atoms with van der Waals surface area (Å²) in [5.74, 6) is 4.78. The summed E-state index contributed by atoms with van der Waals surface area (Å²) in [6, 6.07) is 44.7. The first-order chi connectivity index (χ1) is 25.2. The Labute approximate surface area is 292 Å². The first-order valence-corrected chi connectivity index (χ1v) is 17.4. The number of ether oxygens (including phenoxy) is 2. The van der Waals surface area contributed by atoms with E-state index in [0.29, 0.717) is 0 Å². The van der Waals surface area contributed by atoms with E-state index in [1.165, 1.54) is 10.8 Å². The predicted molar refractivity (Wildman–Crippen MR) is 204 cm³/mol. The van der Waals surface area contributed by atoms with Crippen molar-refractivity contribution in [2.75, 3.05) is 0 Å². The van der Waals surface area contributed by atoms with Crippen molar-refractivity contribution in [2.45, 2.75) is 6.92 Å². The van der Waals surface area contributed by atoms with Gasteiger partial charge in [0.25, 0.3) is 0 Å². The lowest BCUT2D eigenvalue weighted by atomic mass is 9.48. The molecule has 51 heavy (non-hydrogen) atoms. The van der Waals surface area contributed by atoms with E-state index in [-0.39, 0.29) is 0 Å². The van der Waals surface area contributed by atoms with Gasteiger partial charge < -0.3 is 27.9 Å². The first kappa shape index (κ1) is 26.4. The normalized spacial score (nSPS) is 14.1. The third-order valence-electron chi connectivity index (χ3n) is 11.4. The van der Waals surface area contributed by atoms with Crippen LogP contribution in [0.1, 0.15) is 5.56 Å². The molecule has 2 aromatic heterocycles. The van der Waals surface area contributed by atoms with E-state index >= 15 is 0 Å². The molecule has 6 nitrogen and oxygen atoms in total. The molecule has 0 saturated carbocycles. The summed E-state index contributed by atoms with van der Waals surface area (Å²) in [5, 5.41) is 4.72. The second-order valence-corrected chi connectivity index (χ2v) is 13.9. The number of nitrogens with zero attached hydrogens (tertiary/aromatic N) is 2. The highest BCUT2D eigenvalue weighted by Gasteiger charge is 2.46. The Kier molecular flexibility index (Phi) is 4.64. The van der Waals surface area contributed by atoms with Crippen LogP contribution < -0.4 is 40.6 Å². The Morgan fingerprint density at radius 3 is 1.39 bits per heavy atom. The zero-order chi connectivity index (χ0) is 33.1. The van der Waals surface area contributed by atoms with Gasteiger partial charge in [0.05, 0.1) is 22.1 Å². The molecule has 0 bridgehead atoms. The summed E-state index contributed by atoms with van der Waals surface area (Å²) in [4.78, 5) is 0. The third-order valence-corrected chi connectivity index (χ3v) is 11.4. The Balaban J connectivity index is 1.07. The van der Waals surface area contributed by atoms with Crippen LogP contribution in [0.15, 0.2) is 127 Å². The highest BCUT2D eigenvalue weighted by molar-refractivity contribution is 6.86. The molecule has 13 rings (SSSR count). The van der Waals surface area contributed by atoms with E-state index in [9.17, 15) is 0 Å². The van der Waals surface area contributed by atoms with E-state index in [4.69, 9.17) is 18.8 Å². The van der Waals surface area contributed by atoms with Crippen LogP contribution in [0.3, 0.4) is 0 Å². The van der Waals surface area contributed by atoms with Crippen molar-refractivity contribution in [3.63, 3.8) is 0 Å². The first-order valence-electron chi connectivity index (χ1n) is 17.4. The number of rotatable bonds is 0. The molecule has 0 aliphatic carbocycles. The van der Waals surface area contributed by atoms with Crippen molar-refractivity contribution in [3.05, 3.63) is 133 Å². The molecule has 0 unspecified atom stereocenters. The average molecular weight is 654 g/mol. The second-order valence-electron chi connectivity index (χ2n) is 13.9. The third kappa shape index (κ3) is 3.09. The molecule has 236 valence electrons. The Morgan fingerprint density at radius 2 is 0.882 bits per heavy atom. The van der Waals surface area contributed by atoms with Crippen molar-refractivity contribution in [1.82, 2.24) is 9.13 Å². The van der Waals surface area contributed by atoms with Crippen LogP contribution in [0.2, 0.25) is 0 Å². The van der Waals surface area contributed by atoms with Crippen LogP contribution in [-0.2, 0) is 0 Å². The summed E-state index contributed by atoms with van der Waals surface area (Å²) in [6.45, 7) is 1.25. The minimum absolute atomic E-state index is 0.420. The van der Waals surface area contributed by atoms with Gasteiger partial charge in [-0.15, -0.1) is 0 Å². The maximum absolute atomic E-state index is 7.19. The van der Waals surface area contributed by atoms with E-state index in [1.807, 2.05) is 12.1 Å². The average Bonchev–Trinajstić information content (AvgIpc) is 3.57. The molecule has 0 spiro atoms. The van der Waals surface area contributed by atoms with Gasteiger partial charge in [0.2, 0.25) is 0 Å². The monoisotopic (exact) mass is 654 g/mol. The van der Waals surface area contributed by atoms with Crippen LogP contribution >= 0.6 is 0 Å². The van der Waals surface area contributed by atoms with Gasteiger partial charge in [-0.1, -0.05) is 78.9 Å². The van der Waals surface area contributed by atoms with Gasteiger partial charge in [0, 0.05) is 60.3 Å². The van der Waals surface area contributed by atoms with Crippen molar-refractivity contribution in [3.8, 4) is 45.9 Å². The predicted octanol–water partition coefficient (Wildman–Crippen LogP) is 7.40. The summed E-state index contributed by atoms with van der Waals surface area (Å²) in [5.41, 5.74) is 11.4. The van der Waals surface area contributed by atoms with Gasteiger partial charge in [-0.3, -0.25) is 0 Å². The fraction of sp³-hybridized carbons (Fsp3) is 0.0233. The number of hydrogen-bond donors (Lipinski definition) is 0. The van der Waals surface area contributed by atoms with Crippen LogP contribution in [0.4, 0.5) is 0 Å². The number of para-hydroxylation sites is 4. The summed E-state index contributed by atoms with van der Waals surface area (Å²) in [7, 11) is 0. The smallest absolute Gasteiger partial charge is 0.436 e. The highest BCUT2D eigenvalue weighted by Crippen LogP contribution is 2.45. The van der Waals surface area contributed by atoms with Crippen LogP contribution in [-0.4, -0.2) is 23.0 Å². The fourth-order valence-electron chi connectivity index (χ4n) is 9.35. The standard InChI is InChI=1S/C43H24B2N2O4/c1-23-42-28(44-38-32(16-8-18-34(38)48-42)46-30-14-4-2-10-24(30)26-12-6-20-36(50-44)40(26)46)22-29-43(23)49-35-19-9-17-33-39(35)45(29)51-37-21-7-13-27-25-11-3-5-15-31(25)47(33)41(27)37/h2-22H,1H3. The topological polar surface area (TPSA) is 46.8 Å². The van der Waals surface area contributed by atoms with Crippen LogP contribution in [0.5, 0.6) is 34.5 Å². The lowest BCUT2D eigenvalue weighted by molar-refractivity contribution is 0.453. The molecule has 8 heteroatoms. The van der Waals surface area contributed by atoms with E-state index in [0.717, 1.165) is 106 Å². The van der Waals surface area contributed by atoms with E-state index in [2.05, 4.69) is 131 Å². The molecular formula is C43H24B2N2O4. The van der Waals surface area contributed by atoms with Gasteiger partial charge >= 0.3 is 13.8 Å². The molecule has 4 aliphatic rings. The molecular weight excluding hydrogens is 630 g/mol. The molecule has 0 amide bonds. The Morgan fingerprint density at radius 1 is 0.451 bits per heavy atom. The molecule has 7 aromatic carbocycles. The maximum Gasteiger partial charge on any atom is 0.436 e. The molecule has 6 heterocycles. The molecule has 0 N–H and O–H groups in total. The largest absolute Gasteiger partial charge is 0.550 e. The Hall–Kier alpha value is -6.53. The molecule has 0 atom stereocenters. The summed E-state index contributed by atoms with van der Waals surface area (Å²) < 4.78 is 32.9. The quantitative estimate of drug-likeness (QED) is 0.160. The van der Waals surface area contributed by atoms with Gasteiger partial charge in [-0.2, -0.15) is 0 Å². The lowest BCUT2D eigenvalue weighted by Crippen LogP contribution is -2.57. The molecule has 0 saturated heterocycles. The minimum Gasteiger partial charge on any atom is -0.550 e. The van der Waals surface area contributed by atoms with Gasteiger partial charge in [-0.25, -0.2) is 0 Å². The zero-order valence-corrected chi connectivity index (χ0v) is 27.3. The van der Waals surface area contributed by atoms with Crippen molar-refractivity contribution in [1.29, 1.82) is 0 Å². The maximum atomic E-state index is 7.19. The fourth-order valence-corrected chi connectivity index (χ4v) is 9.35. The highest BCUT2D eigenvalue weighted by atomic mass is 16.5. The zero-order valence-electron chi connectivity index (χ0n) is 27.3. The molecule has 9 aromatic rings. The number of benzene rings is 7. The Bertz CT molecular complexity index is 2890.